The lowest BCUT2D eigenvalue weighted by Crippen LogP contribution is -2.25. The molecule has 8 heteroatoms. The molecule has 0 fully saturated rings. The Balaban J connectivity index is 2.60. The molecule has 5 nitrogen and oxygen atoms in total. The first kappa shape index (κ1) is 31.3. The van der Waals surface area contributed by atoms with E-state index in [2.05, 4.69) is 35.3 Å². The van der Waals surface area contributed by atoms with Crippen LogP contribution in [0.5, 0.6) is 5.88 Å². The third kappa shape index (κ3) is 11.8. The first-order chi connectivity index (χ1) is 16.9. The zero-order valence-electron chi connectivity index (χ0n) is 22.8. The van der Waals surface area contributed by atoms with Gasteiger partial charge < -0.3 is 14.4 Å². The summed E-state index contributed by atoms with van der Waals surface area (Å²) in [6.45, 7) is 16.7. The van der Waals surface area contributed by atoms with E-state index in [1.54, 1.807) is 33.4 Å². The van der Waals surface area contributed by atoms with Gasteiger partial charge >= 0.3 is 6.18 Å². The van der Waals surface area contributed by atoms with Crippen molar-refractivity contribution in [3.63, 3.8) is 0 Å². The topological polar surface area (TPSA) is 47.0 Å². The maximum atomic E-state index is 12.7. The fourth-order valence-corrected chi connectivity index (χ4v) is 3.45. The zero-order chi connectivity index (χ0) is 27.3. The highest BCUT2D eigenvalue weighted by atomic mass is 19.4. The maximum Gasteiger partial charge on any atom is 0.412 e. The molecular weight excluding hydrogens is 467 g/mol. The zero-order valence-corrected chi connectivity index (χ0v) is 22.8. The average molecular weight is 510 g/mol. The molecule has 36 heavy (non-hydrogen) atoms. The summed E-state index contributed by atoms with van der Waals surface area (Å²) in [6.07, 6.45) is 3.13. The Morgan fingerprint density at radius 1 is 1.22 bits per heavy atom. The number of halogens is 3. The van der Waals surface area contributed by atoms with E-state index in [0.29, 0.717) is 23.1 Å². The van der Waals surface area contributed by atoms with Crippen LogP contribution in [0, 0.1) is 11.8 Å². The Morgan fingerprint density at radius 2 is 1.92 bits per heavy atom. The van der Waals surface area contributed by atoms with Gasteiger partial charge in [0.2, 0.25) is 5.88 Å². The molecule has 0 spiro atoms. The molecule has 1 heterocycles. The fourth-order valence-electron chi connectivity index (χ4n) is 3.45. The van der Waals surface area contributed by atoms with Crippen LogP contribution in [0.3, 0.4) is 0 Å². The van der Waals surface area contributed by atoms with Crippen LogP contribution >= 0.6 is 0 Å². The van der Waals surface area contributed by atoms with Crippen molar-refractivity contribution in [1.82, 2.24) is 4.98 Å². The smallest absolute Gasteiger partial charge is 0.412 e. The molecule has 0 saturated carbocycles. The number of methoxy groups -OCH3 is 1. The second-order valence-electron chi connectivity index (χ2n) is 9.34. The number of aliphatic imine (C=N–C) groups is 1. The van der Waals surface area contributed by atoms with E-state index in [9.17, 15) is 13.2 Å². The Hall–Kier alpha value is -2.77. The normalized spacial score (nSPS) is 14.9. The first-order valence-electron chi connectivity index (χ1n) is 12.4. The second kappa shape index (κ2) is 15.4. The Bertz CT molecular complexity index is 923. The van der Waals surface area contributed by atoms with Crippen molar-refractivity contribution in [3.8, 4) is 5.88 Å². The van der Waals surface area contributed by atoms with Crippen LogP contribution in [0.25, 0.3) is 0 Å². The van der Waals surface area contributed by atoms with Gasteiger partial charge in [-0.1, -0.05) is 26.5 Å². The minimum atomic E-state index is -4.32. The summed E-state index contributed by atoms with van der Waals surface area (Å²) in [5.74, 6) is 1.22. The van der Waals surface area contributed by atoms with Crippen LogP contribution < -0.4 is 9.64 Å². The number of alkyl halides is 3. The number of rotatable bonds is 15. The first-order valence-corrected chi connectivity index (χ1v) is 12.4. The number of hydrogen-bond donors (Lipinski definition) is 0. The molecule has 1 rings (SSSR count). The van der Waals surface area contributed by atoms with Gasteiger partial charge in [-0.15, -0.1) is 0 Å². The van der Waals surface area contributed by atoms with Crippen LogP contribution in [0.15, 0.2) is 59.1 Å². The second-order valence-corrected chi connectivity index (χ2v) is 9.34. The third-order valence-electron chi connectivity index (χ3n) is 5.87. The van der Waals surface area contributed by atoms with Crippen LogP contribution in [0.1, 0.15) is 60.8 Å². The van der Waals surface area contributed by atoms with Crippen LogP contribution in [0.2, 0.25) is 0 Å². The summed E-state index contributed by atoms with van der Waals surface area (Å²) < 4.78 is 49.1. The van der Waals surface area contributed by atoms with Crippen LogP contribution in [0.4, 0.5) is 18.9 Å². The summed E-state index contributed by atoms with van der Waals surface area (Å²) in [5, 5.41) is 0. The van der Waals surface area contributed by atoms with Crippen molar-refractivity contribution < 1.29 is 22.6 Å². The number of nitrogens with zero attached hydrogens (tertiary/aromatic N) is 3. The molecule has 202 valence electrons. The number of allylic oxidation sites excluding steroid dienone is 2. The van der Waals surface area contributed by atoms with Crippen molar-refractivity contribution in [2.24, 2.45) is 16.8 Å². The standard InChI is InChI=1S/C28H42F3N3O2/c1-9-34(25-12-14-32-27(17-25)35-8)15-13-21(4)10-11-24(7)33-18-26(20(2)3)36-19-22(5)16-23(6)28(29,30)31/h12,14,16-18,21-22H,2,9-11,13,15,19H2,1,3-8H3/b23-16-,26-18+,33-24?. The van der Waals surface area contributed by atoms with E-state index >= 15 is 0 Å². The lowest BCUT2D eigenvalue weighted by molar-refractivity contribution is -0.0919. The number of anilines is 1. The number of aromatic nitrogens is 1. The molecule has 0 aliphatic carbocycles. The fraction of sp³-hybridized carbons (Fsp3) is 0.571. The summed E-state index contributed by atoms with van der Waals surface area (Å²) in [7, 11) is 1.62. The van der Waals surface area contributed by atoms with E-state index in [1.165, 1.54) is 6.08 Å². The summed E-state index contributed by atoms with van der Waals surface area (Å²) in [6, 6.07) is 3.95. The molecule has 0 bridgehead atoms. The highest BCUT2D eigenvalue weighted by Crippen LogP contribution is 2.26. The molecule has 1 aromatic rings. The molecular formula is C28H42F3N3O2. The number of hydrogen-bond acceptors (Lipinski definition) is 5. The Morgan fingerprint density at radius 3 is 2.50 bits per heavy atom. The quantitative estimate of drug-likeness (QED) is 0.105. The molecule has 0 saturated heterocycles. The van der Waals surface area contributed by atoms with Gasteiger partial charge in [0, 0.05) is 48.2 Å². The third-order valence-corrected chi connectivity index (χ3v) is 5.87. The number of pyridine rings is 1. The van der Waals surface area contributed by atoms with E-state index in [0.717, 1.165) is 50.7 Å². The molecule has 0 amide bonds. The lowest BCUT2D eigenvalue weighted by Gasteiger charge is -2.25. The summed E-state index contributed by atoms with van der Waals surface area (Å²) in [4.78, 5) is 11.0. The average Bonchev–Trinajstić information content (AvgIpc) is 2.82. The summed E-state index contributed by atoms with van der Waals surface area (Å²) in [5.41, 5.74) is 2.13. The highest BCUT2D eigenvalue weighted by molar-refractivity contribution is 5.82. The molecule has 0 N–H and O–H groups in total. The van der Waals surface area contributed by atoms with Gasteiger partial charge in [-0.3, -0.25) is 4.99 Å². The van der Waals surface area contributed by atoms with E-state index in [1.807, 2.05) is 19.1 Å². The van der Waals surface area contributed by atoms with E-state index in [-0.39, 0.29) is 6.61 Å². The van der Waals surface area contributed by atoms with Gasteiger partial charge in [0.25, 0.3) is 0 Å². The van der Waals surface area contributed by atoms with Crippen molar-refractivity contribution in [2.45, 2.75) is 67.0 Å². The largest absolute Gasteiger partial charge is 0.491 e. The van der Waals surface area contributed by atoms with Crippen molar-refractivity contribution in [2.75, 3.05) is 31.7 Å². The molecule has 0 radical (unpaired) electrons. The van der Waals surface area contributed by atoms with E-state index < -0.39 is 17.7 Å². The highest BCUT2D eigenvalue weighted by Gasteiger charge is 2.30. The molecule has 0 aliphatic heterocycles. The van der Waals surface area contributed by atoms with Gasteiger partial charge in [-0.05, 0) is 64.5 Å². The number of ether oxygens (including phenoxy) is 2. The Labute approximate surface area is 214 Å². The van der Waals surface area contributed by atoms with Crippen molar-refractivity contribution in [1.29, 1.82) is 0 Å². The van der Waals surface area contributed by atoms with Gasteiger partial charge in [0.05, 0.1) is 19.9 Å². The SMILES string of the molecule is C=C(C)/C(=C\N=C(C)CCC(C)CCN(CC)c1ccnc(OC)c1)OCC(C)/C=C(/C)C(F)(F)F. The van der Waals surface area contributed by atoms with Gasteiger partial charge in [0.1, 0.15) is 5.76 Å². The van der Waals surface area contributed by atoms with Gasteiger partial charge in [0.15, 0.2) is 0 Å². The maximum absolute atomic E-state index is 12.7. The van der Waals surface area contributed by atoms with Crippen molar-refractivity contribution >= 4 is 11.4 Å². The molecule has 2 unspecified atom stereocenters. The minimum absolute atomic E-state index is 0.120. The van der Waals surface area contributed by atoms with Crippen LogP contribution in [-0.4, -0.2) is 43.7 Å². The molecule has 0 aliphatic rings. The van der Waals surface area contributed by atoms with Crippen molar-refractivity contribution in [3.05, 3.63) is 54.1 Å². The summed E-state index contributed by atoms with van der Waals surface area (Å²) >= 11 is 0. The minimum Gasteiger partial charge on any atom is -0.491 e. The van der Waals surface area contributed by atoms with E-state index in [4.69, 9.17) is 9.47 Å². The molecule has 1 aromatic heterocycles. The predicted molar refractivity (Wildman–Crippen MR) is 143 cm³/mol. The lowest BCUT2D eigenvalue weighted by atomic mass is 10.00. The predicted octanol–water partition coefficient (Wildman–Crippen LogP) is 7.76. The Kier molecular flexibility index (Phi) is 13.3. The van der Waals surface area contributed by atoms with Gasteiger partial charge in [-0.2, -0.15) is 13.2 Å². The monoisotopic (exact) mass is 509 g/mol. The molecule has 2 atom stereocenters. The van der Waals surface area contributed by atoms with Crippen LogP contribution in [-0.2, 0) is 4.74 Å². The van der Waals surface area contributed by atoms with Gasteiger partial charge in [-0.25, -0.2) is 4.98 Å². The molecule has 0 aromatic carbocycles.